The molecule has 0 spiro atoms. The van der Waals surface area contributed by atoms with E-state index in [9.17, 15) is 4.79 Å². The lowest BCUT2D eigenvalue weighted by Crippen LogP contribution is -2.39. The number of rotatable bonds is 7. The molecule has 1 aliphatic heterocycles. The van der Waals surface area contributed by atoms with E-state index in [0.29, 0.717) is 66.8 Å². The third-order valence-corrected chi connectivity index (χ3v) is 4.87. The minimum Gasteiger partial charge on any atom is -0.493 e. The highest BCUT2D eigenvalue weighted by molar-refractivity contribution is 5.97. The number of ether oxygens (including phenoxy) is 4. The fraction of sp³-hybridized carbons (Fsp3) is 0.364. The average Bonchev–Trinajstić information content (AvgIpc) is 3.19. The summed E-state index contributed by atoms with van der Waals surface area (Å²) in [6.07, 6.45) is 0.375. The fourth-order valence-corrected chi connectivity index (χ4v) is 3.32. The summed E-state index contributed by atoms with van der Waals surface area (Å²) in [5.74, 6) is 1.68. The minimum atomic E-state index is -0.191. The van der Waals surface area contributed by atoms with Crippen LogP contribution < -0.4 is 14.8 Å². The molecule has 1 N–H and O–H groups in total. The largest absolute Gasteiger partial charge is 0.493 e. The van der Waals surface area contributed by atoms with Gasteiger partial charge in [0.05, 0.1) is 40.1 Å². The number of aromatic nitrogens is 1. The van der Waals surface area contributed by atoms with Crippen molar-refractivity contribution in [3.8, 4) is 11.5 Å². The highest BCUT2D eigenvalue weighted by Crippen LogP contribution is 2.29. The maximum absolute atomic E-state index is 12.5. The summed E-state index contributed by atoms with van der Waals surface area (Å²) in [4.78, 5) is 17.0. The molecule has 1 atom stereocenters. The predicted octanol–water partition coefficient (Wildman–Crippen LogP) is 2.58. The van der Waals surface area contributed by atoms with Crippen molar-refractivity contribution in [2.24, 2.45) is 0 Å². The minimum absolute atomic E-state index is 0.121. The zero-order chi connectivity index (χ0) is 20.9. The first-order valence-electron chi connectivity index (χ1n) is 9.74. The number of oxazole rings is 1. The summed E-state index contributed by atoms with van der Waals surface area (Å²) in [6.45, 7) is 2.03. The monoisotopic (exact) mass is 412 g/mol. The Kier molecular flexibility index (Phi) is 6.15. The lowest BCUT2D eigenvalue weighted by Gasteiger charge is -2.23. The number of amides is 1. The third-order valence-electron chi connectivity index (χ3n) is 4.87. The highest BCUT2D eigenvalue weighted by Gasteiger charge is 2.17. The van der Waals surface area contributed by atoms with E-state index >= 15 is 0 Å². The molecule has 1 aromatic heterocycles. The summed E-state index contributed by atoms with van der Waals surface area (Å²) in [5.41, 5.74) is 2.75. The van der Waals surface area contributed by atoms with E-state index in [4.69, 9.17) is 23.4 Å². The summed E-state index contributed by atoms with van der Waals surface area (Å²) < 4.78 is 27.4. The standard InChI is InChI=1S/C22H24N2O6/c1-26-18-6-3-14(9-20(18)27-2)10-21-24-17-5-4-15(11-19(17)30-21)22(25)23-12-16-13-28-7-8-29-16/h3-6,9,11,16H,7-8,10,12-13H2,1-2H3,(H,23,25)/t16-/m0/s1. The summed E-state index contributed by atoms with van der Waals surface area (Å²) in [7, 11) is 3.20. The van der Waals surface area contributed by atoms with Crippen molar-refractivity contribution in [2.75, 3.05) is 40.6 Å². The predicted molar refractivity (Wildman–Crippen MR) is 109 cm³/mol. The second kappa shape index (κ2) is 9.15. The van der Waals surface area contributed by atoms with Crippen LogP contribution in [0.2, 0.25) is 0 Å². The molecule has 0 unspecified atom stereocenters. The van der Waals surface area contributed by atoms with Crippen LogP contribution in [0.1, 0.15) is 21.8 Å². The molecule has 158 valence electrons. The molecule has 4 rings (SSSR count). The van der Waals surface area contributed by atoms with Gasteiger partial charge in [0.15, 0.2) is 23.0 Å². The van der Waals surface area contributed by atoms with Crippen molar-refractivity contribution in [3.63, 3.8) is 0 Å². The first kappa shape index (κ1) is 20.2. The molecule has 8 nitrogen and oxygen atoms in total. The first-order chi connectivity index (χ1) is 14.7. The Bertz CT molecular complexity index is 1030. The van der Waals surface area contributed by atoms with Crippen LogP contribution in [0.4, 0.5) is 0 Å². The van der Waals surface area contributed by atoms with Crippen LogP contribution in [0, 0.1) is 0 Å². The van der Waals surface area contributed by atoms with Gasteiger partial charge >= 0.3 is 0 Å². The van der Waals surface area contributed by atoms with Gasteiger partial charge in [-0.3, -0.25) is 4.79 Å². The molecular formula is C22H24N2O6. The van der Waals surface area contributed by atoms with Crippen LogP contribution in [0.5, 0.6) is 11.5 Å². The molecule has 0 radical (unpaired) electrons. The van der Waals surface area contributed by atoms with Crippen LogP contribution in [-0.2, 0) is 15.9 Å². The number of nitrogens with one attached hydrogen (secondary N) is 1. The smallest absolute Gasteiger partial charge is 0.251 e. The lowest BCUT2D eigenvalue weighted by molar-refractivity contribution is -0.0855. The zero-order valence-electron chi connectivity index (χ0n) is 17.0. The van der Waals surface area contributed by atoms with Gasteiger partial charge in [0.25, 0.3) is 5.91 Å². The van der Waals surface area contributed by atoms with Crippen LogP contribution in [0.25, 0.3) is 11.1 Å². The van der Waals surface area contributed by atoms with E-state index in [-0.39, 0.29) is 12.0 Å². The van der Waals surface area contributed by atoms with E-state index in [2.05, 4.69) is 10.3 Å². The van der Waals surface area contributed by atoms with Crippen molar-refractivity contribution in [2.45, 2.75) is 12.5 Å². The molecule has 1 aliphatic rings. The van der Waals surface area contributed by atoms with E-state index in [0.717, 1.165) is 5.56 Å². The third kappa shape index (κ3) is 4.55. The van der Waals surface area contributed by atoms with Gasteiger partial charge in [-0.2, -0.15) is 0 Å². The number of hydrogen-bond donors (Lipinski definition) is 1. The molecule has 0 saturated carbocycles. The number of carbonyl (C=O) groups excluding carboxylic acids is 1. The maximum Gasteiger partial charge on any atom is 0.251 e. The van der Waals surface area contributed by atoms with Gasteiger partial charge in [-0.1, -0.05) is 6.07 Å². The number of fused-ring (bicyclic) bond motifs is 1. The van der Waals surface area contributed by atoms with Crippen LogP contribution >= 0.6 is 0 Å². The van der Waals surface area contributed by atoms with Crippen LogP contribution in [-0.4, -0.2) is 57.6 Å². The van der Waals surface area contributed by atoms with Crippen LogP contribution in [0.15, 0.2) is 40.8 Å². The molecule has 30 heavy (non-hydrogen) atoms. The summed E-state index contributed by atoms with van der Waals surface area (Å²) >= 11 is 0. The molecule has 1 saturated heterocycles. The van der Waals surface area contributed by atoms with E-state index in [1.807, 2.05) is 18.2 Å². The van der Waals surface area contributed by atoms with Crippen LogP contribution in [0.3, 0.4) is 0 Å². The first-order valence-corrected chi connectivity index (χ1v) is 9.74. The number of methoxy groups -OCH3 is 2. The molecule has 0 bridgehead atoms. The second-order valence-corrected chi connectivity index (χ2v) is 6.93. The zero-order valence-corrected chi connectivity index (χ0v) is 17.0. The van der Waals surface area contributed by atoms with Gasteiger partial charge < -0.3 is 28.7 Å². The average molecular weight is 412 g/mol. The molecule has 3 aromatic rings. The van der Waals surface area contributed by atoms with Gasteiger partial charge in [-0.05, 0) is 35.9 Å². The molecular weight excluding hydrogens is 388 g/mol. The number of hydrogen-bond acceptors (Lipinski definition) is 7. The topological polar surface area (TPSA) is 92.1 Å². The van der Waals surface area contributed by atoms with Gasteiger partial charge in [0.2, 0.25) is 0 Å². The molecule has 2 heterocycles. The van der Waals surface area contributed by atoms with Crippen molar-refractivity contribution in [3.05, 3.63) is 53.4 Å². The Hall–Kier alpha value is -3.10. The highest BCUT2D eigenvalue weighted by atomic mass is 16.6. The molecule has 1 amide bonds. The Labute approximate surface area is 174 Å². The normalized spacial score (nSPS) is 16.4. The van der Waals surface area contributed by atoms with E-state index in [1.165, 1.54) is 0 Å². The SMILES string of the molecule is COc1ccc(Cc2nc3ccc(C(=O)NC[C@H]4COCCO4)cc3o2)cc1OC. The van der Waals surface area contributed by atoms with Gasteiger partial charge in [0, 0.05) is 18.5 Å². The molecule has 2 aromatic carbocycles. The van der Waals surface area contributed by atoms with Gasteiger partial charge in [0.1, 0.15) is 5.52 Å². The van der Waals surface area contributed by atoms with Crippen molar-refractivity contribution in [1.82, 2.24) is 10.3 Å². The maximum atomic E-state index is 12.5. The quantitative estimate of drug-likeness (QED) is 0.638. The summed E-state index contributed by atoms with van der Waals surface area (Å²) in [5, 5.41) is 2.87. The Morgan fingerprint density at radius 1 is 1.13 bits per heavy atom. The lowest BCUT2D eigenvalue weighted by atomic mass is 10.1. The van der Waals surface area contributed by atoms with Gasteiger partial charge in [-0.15, -0.1) is 0 Å². The molecule has 8 heteroatoms. The Morgan fingerprint density at radius 2 is 2.00 bits per heavy atom. The second-order valence-electron chi connectivity index (χ2n) is 6.93. The van der Waals surface area contributed by atoms with E-state index in [1.54, 1.807) is 32.4 Å². The molecule has 1 fully saturated rings. The number of carbonyl (C=O) groups is 1. The van der Waals surface area contributed by atoms with Crippen molar-refractivity contribution < 1.29 is 28.2 Å². The number of benzene rings is 2. The fourth-order valence-electron chi connectivity index (χ4n) is 3.32. The van der Waals surface area contributed by atoms with Crippen molar-refractivity contribution >= 4 is 17.0 Å². The van der Waals surface area contributed by atoms with Gasteiger partial charge in [-0.25, -0.2) is 4.98 Å². The van der Waals surface area contributed by atoms with E-state index < -0.39 is 0 Å². The number of nitrogens with zero attached hydrogens (tertiary/aromatic N) is 1. The summed E-state index contributed by atoms with van der Waals surface area (Å²) in [6, 6.07) is 10.9. The van der Waals surface area contributed by atoms with Crippen molar-refractivity contribution in [1.29, 1.82) is 0 Å². The Morgan fingerprint density at radius 3 is 2.77 bits per heavy atom. The molecule has 0 aliphatic carbocycles. The Balaban J connectivity index is 1.45.